The highest BCUT2D eigenvalue weighted by Gasteiger charge is 2.50. The number of ether oxygens (including phenoxy) is 6. The Bertz CT molecular complexity index is 1970. The smallest absolute Gasteiger partial charge is 0.261 e. The van der Waals surface area contributed by atoms with Crippen LogP contribution >= 0.6 is 0 Å². The molecule has 0 amide bonds. The molecule has 0 aromatic heterocycles. The average Bonchev–Trinajstić information content (AvgIpc) is 3.28. The number of methoxy groups -OCH3 is 1. The normalized spacial score (nSPS) is 19.8. The Morgan fingerprint density at radius 3 is 2.03 bits per heavy atom. The van der Waals surface area contributed by atoms with Gasteiger partial charge in [-0.1, -0.05) is 148 Å². The van der Waals surface area contributed by atoms with Crippen molar-refractivity contribution in [2.75, 3.05) is 20.5 Å². The van der Waals surface area contributed by atoms with Crippen LogP contribution in [0.5, 0.6) is 5.75 Å². The van der Waals surface area contributed by atoms with Gasteiger partial charge in [0.15, 0.2) is 0 Å². The van der Waals surface area contributed by atoms with Gasteiger partial charge in [-0.2, -0.15) is 0 Å². The second kappa shape index (κ2) is 22.4. The second-order valence-electron chi connectivity index (χ2n) is 18.5. The highest BCUT2D eigenvalue weighted by Crippen LogP contribution is 2.39. The summed E-state index contributed by atoms with van der Waals surface area (Å²) >= 11 is 0. The number of rotatable bonds is 21. The maximum Gasteiger partial charge on any atom is 0.261 e. The maximum atomic E-state index is 7.23. The largest absolute Gasteiger partial charge is 0.497 e. The summed E-state index contributed by atoms with van der Waals surface area (Å²) in [5.74, 6) is 1.80. The fourth-order valence-electron chi connectivity index (χ4n) is 8.70. The van der Waals surface area contributed by atoms with Crippen LogP contribution in [-0.4, -0.2) is 59.3 Å². The van der Waals surface area contributed by atoms with Crippen molar-refractivity contribution in [2.24, 2.45) is 5.41 Å². The zero-order valence-corrected chi connectivity index (χ0v) is 39.2. The molecule has 1 saturated heterocycles. The summed E-state index contributed by atoms with van der Waals surface area (Å²) in [6.07, 6.45) is 11.2. The summed E-state index contributed by atoms with van der Waals surface area (Å²) in [5.41, 5.74) is 3.06. The fraction of sp³-hybridized carbons (Fsp3) is 0.444. The Morgan fingerprint density at radius 2 is 1.40 bits per heavy atom. The third-order valence-corrected chi connectivity index (χ3v) is 17.2. The van der Waals surface area contributed by atoms with Gasteiger partial charge in [-0.25, -0.2) is 0 Å². The Hall–Kier alpha value is -4.28. The zero-order valence-electron chi connectivity index (χ0n) is 38.2. The molecule has 4 aromatic carbocycles. The summed E-state index contributed by atoms with van der Waals surface area (Å²) in [4.78, 5) is 0. The molecule has 0 N–H and O–H groups in total. The highest BCUT2D eigenvalue weighted by molar-refractivity contribution is 6.99. The van der Waals surface area contributed by atoms with Crippen molar-refractivity contribution in [2.45, 2.75) is 129 Å². The van der Waals surface area contributed by atoms with E-state index in [9.17, 15) is 0 Å². The molecule has 0 saturated carbocycles. The predicted octanol–water partition coefficient (Wildman–Crippen LogP) is 11.3. The molecule has 332 valence electrons. The van der Waals surface area contributed by atoms with Crippen LogP contribution in [0.4, 0.5) is 0 Å². The van der Waals surface area contributed by atoms with Crippen molar-refractivity contribution < 1.29 is 32.8 Å². The van der Waals surface area contributed by atoms with Crippen LogP contribution in [0.2, 0.25) is 5.04 Å². The standard InChI is InChI=1S/C54H70O7Si/c1-41-35-47(60-48(36-41)32-34-59-62(53(3,4)5,49-22-14-10-15-23-49)50-24-16-11-17-25-50)31-33-54(6,7)52-26-18-21-46(61-52)37-51(57-39-44-27-29-45(55-8)30-28-44)42(2)58-40-56-38-43-19-12-9-13-20-43/h9-17,19-20,22-31,33,42,46-48,51H,1,18,21,32,34-40H2,2-8H3/b33-31+/t42-,46+,47+,48-,51-/m1/s1. The van der Waals surface area contributed by atoms with E-state index in [4.69, 9.17) is 32.8 Å². The van der Waals surface area contributed by atoms with E-state index in [1.165, 1.54) is 15.9 Å². The van der Waals surface area contributed by atoms with Gasteiger partial charge in [0, 0.05) is 18.4 Å². The summed E-state index contributed by atoms with van der Waals surface area (Å²) < 4.78 is 44.9. The van der Waals surface area contributed by atoms with E-state index >= 15 is 0 Å². The fourth-order valence-corrected chi connectivity index (χ4v) is 13.3. The Morgan fingerprint density at radius 1 is 0.774 bits per heavy atom. The van der Waals surface area contributed by atoms with E-state index in [1.807, 2.05) is 42.5 Å². The molecule has 2 heterocycles. The molecule has 7 nitrogen and oxygen atoms in total. The number of benzene rings is 4. The quantitative estimate of drug-likeness (QED) is 0.0358. The monoisotopic (exact) mass is 858 g/mol. The van der Waals surface area contributed by atoms with Crippen LogP contribution in [0.1, 0.15) is 91.2 Å². The molecule has 8 heteroatoms. The molecule has 4 aromatic rings. The summed E-state index contributed by atoms with van der Waals surface area (Å²) in [5, 5.41) is 2.51. The molecule has 0 unspecified atom stereocenters. The molecule has 0 aliphatic carbocycles. The van der Waals surface area contributed by atoms with E-state index in [1.54, 1.807) is 7.11 Å². The van der Waals surface area contributed by atoms with Gasteiger partial charge < -0.3 is 32.8 Å². The van der Waals surface area contributed by atoms with E-state index in [-0.39, 0.29) is 47.8 Å². The molecule has 0 radical (unpaired) electrons. The van der Waals surface area contributed by atoms with Crippen LogP contribution in [0.15, 0.2) is 151 Å². The summed E-state index contributed by atoms with van der Waals surface area (Å²) in [6.45, 7) is 19.7. The van der Waals surface area contributed by atoms with Crippen LogP contribution in [0.25, 0.3) is 0 Å². The zero-order chi connectivity index (χ0) is 44.0. The van der Waals surface area contributed by atoms with Gasteiger partial charge in [-0.3, -0.25) is 0 Å². The first-order valence-corrected chi connectivity index (χ1v) is 24.4. The first kappa shape index (κ1) is 47.2. The lowest BCUT2D eigenvalue weighted by Crippen LogP contribution is -2.66. The van der Waals surface area contributed by atoms with E-state index in [2.05, 4.69) is 139 Å². The van der Waals surface area contributed by atoms with E-state index in [0.29, 0.717) is 26.2 Å². The lowest BCUT2D eigenvalue weighted by molar-refractivity contribution is -0.147. The Kier molecular flexibility index (Phi) is 17.0. The molecule has 2 aliphatic heterocycles. The second-order valence-corrected chi connectivity index (χ2v) is 22.8. The molecular weight excluding hydrogens is 789 g/mol. The minimum atomic E-state index is -2.63. The summed E-state index contributed by atoms with van der Waals surface area (Å²) in [7, 11) is -0.954. The van der Waals surface area contributed by atoms with Gasteiger partial charge in [0.2, 0.25) is 0 Å². The molecular formula is C54H70O7Si. The number of allylic oxidation sites excluding steroid dienone is 2. The molecule has 0 bridgehead atoms. The van der Waals surface area contributed by atoms with Gasteiger partial charge in [-0.15, -0.1) is 0 Å². The van der Waals surface area contributed by atoms with Gasteiger partial charge in [0.25, 0.3) is 8.32 Å². The highest BCUT2D eigenvalue weighted by atomic mass is 28.4. The molecule has 1 fully saturated rings. The summed E-state index contributed by atoms with van der Waals surface area (Å²) in [6, 6.07) is 39.8. The third kappa shape index (κ3) is 12.9. The van der Waals surface area contributed by atoms with Gasteiger partial charge in [-0.05, 0) is 97.6 Å². The lowest BCUT2D eigenvalue weighted by Gasteiger charge is -2.43. The number of hydrogen-bond acceptors (Lipinski definition) is 7. The molecule has 5 atom stereocenters. The lowest BCUT2D eigenvalue weighted by atomic mass is 9.86. The van der Waals surface area contributed by atoms with Gasteiger partial charge >= 0.3 is 0 Å². The third-order valence-electron chi connectivity index (χ3n) is 12.2. The maximum absolute atomic E-state index is 7.23. The van der Waals surface area contributed by atoms with Crippen molar-refractivity contribution >= 4 is 18.7 Å². The molecule has 2 aliphatic rings. The predicted molar refractivity (Wildman–Crippen MR) is 253 cm³/mol. The van der Waals surface area contributed by atoms with Crippen molar-refractivity contribution in [1.29, 1.82) is 0 Å². The van der Waals surface area contributed by atoms with Crippen molar-refractivity contribution in [3.63, 3.8) is 0 Å². The average molecular weight is 859 g/mol. The van der Waals surface area contributed by atoms with Crippen molar-refractivity contribution in [1.82, 2.24) is 0 Å². The minimum Gasteiger partial charge on any atom is -0.497 e. The molecule has 0 spiro atoms. The van der Waals surface area contributed by atoms with Crippen molar-refractivity contribution in [3.8, 4) is 5.75 Å². The first-order chi connectivity index (χ1) is 29.9. The molecule has 62 heavy (non-hydrogen) atoms. The molecule has 6 rings (SSSR count). The number of hydrogen-bond donors (Lipinski definition) is 0. The van der Waals surface area contributed by atoms with Gasteiger partial charge in [0.1, 0.15) is 24.4 Å². The minimum absolute atomic E-state index is 0.0227. The Labute approximate surface area is 373 Å². The topological polar surface area (TPSA) is 64.6 Å². The first-order valence-electron chi connectivity index (χ1n) is 22.5. The van der Waals surface area contributed by atoms with Gasteiger partial charge in [0.05, 0.1) is 44.7 Å². The SMILES string of the molecule is C=C1C[C@@H](CCO[Si](c2ccccc2)(c2ccccc2)C(C)(C)C)O[C@@H](/C=C/C(C)(C)C2=CCC[C@@H](C[C@@H](OCc3ccc(OC)cc3)[C@@H](C)OCOCc3ccccc3)O2)C1. The van der Waals surface area contributed by atoms with Crippen molar-refractivity contribution in [3.05, 3.63) is 163 Å². The van der Waals surface area contributed by atoms with E-state index in [0.717, 1.165) is 54.7 Å². The van der Waals surface area contributed by atoms with Crippen LogP contribution in [0.3, 0.4) is 0 Å². The Balaban J connectivity index is 1.06. The van der Waals surface area contributed by atoms with Crippen LogP contribution < -0.4 is 15.1 Å². The van der Waals surface area contributed by atoms with Crippen LogP contribution in [0, 0.1) is 5.41 Å². The van der Waals surface area contributed by atoms with Crippen LogP contribution in [-0.2, 0) is 41.3 Å². The van der Waals surface area contributed by atoms with E-state index < -0.39 is 8.32 Å².